The first-order valence-electron chi connectivity index (χ1n) is 6.42. The Morgan fingerprint density at radius 3 is 2.53 bits per heavy atom. The van der Waals surface area contributed by atoms with Crippen LogP contribution in [-0.4, -0.2) is 15.7 Å². The minimum atomic E-state index is -0.0563. The maximum Gasteiger partial charge on any atom is 0.251 e. The van der Waals surface area contributed by atoms with Gasteiger partial charge in [0, 0.05) is 30.9 Å². The monoisotopic (exact) mass is 257 g/mol. The summed E-state index contributed by atoms with van der Waals surface area (Å²) in [5.74, 6) is 0.423. The number of nitrogens with zero attached hydrogens (tertiary/aromatic N) is 2. The van der Waals surface area contributed by atoms with Crippen LogP contribution in [0.2, 0.25) is 0 Å². The molecule has 0 unspecified atom stereocenters. The van der Waals surface area contributed by atoms with Crippen molar-refractivity contribution < 1.29 is 4.79 Å². The number of hydrogen-bond donors (Lipinski definition) is 1. The first-order valence-corrected chi connectivity index (χ1v) is 6.42. The van der Waals surface area contributed by atoms with Crippen LogP contribution in [0, 0.1) is 0 Å². The second-order valence-electron chi connectivity index (χ2n) is 4.98. The molecule has 4 heteroatoms. The van der Waals surface area contributed by atoms with E-state index in [0.717, 1.165) is 5.56 Å². The third-order valence-corrected chi connectivity index (χ3v) is 3.05. The maximum atomic E-state index is 12.0. The Balaban J connectivity index is 1.96. The molecule has 1 aromatic heterocycles. The first kappa shape index (κ1) is 13.3. The van der Waals surface area contributed by atoms with Crippen LogP contribution >= 0.6 is 0 Å². The van der Waals surface area contributed by atoms with Crippen molar-refractivity contribution in [2.45, 2.75) is 26.3 Å². The van der Waals surface area contributed by atoms with Crippen LogP contribution in [-0.2, 0) is 13.6 Å². The van der Waals surface area contributed by atoms with E-state index in [2.05, 4.69) is 24.3 Å². The van der Waals surface area contributed by atoms with Gasteiger partial charge in [0.15, 0.2) is 0 Å². The fraction of sp³-hybridized carbons (Fsp3) is 0.333. The molecule has 100 valence electrons. The highest BCUT2D eigenvalue weighted by molar-refractivity contribution is 5.94. The van der Waals surface area contributed by atoms with E-state index in [1.165, 1.54) is 5.56 Å². The smallest absolute Gasteiger partial charge is 0.251 e. The summed E-state index contributed by atoms with van der Waals surface area (Å²) in [7, 11) is 1.86. The van der Waals surface area contributed by atoms with E-state index >= 15 is 0 Å². The molecule has 0 spiro atoms. The number of carbonyl (C=O) groups is 1. The second kappa shape index (κ2) is 5.69. The zero-order chi connectivity index (χ0) is 13.8. The van der Waals surface area contributed by atoms with Crippen LogP contribution in [0.3, 0.4) is 0 Å². The highest BCUT2D eigenvalue weighted by atomic mass is 16.1. The van der Waals surface area contributed by atoms with E-state index in [4.69, 9.17) is 0 Å². The largest absolute Gasteiger partial charge is 0.348 e. The van der Waals surface area contributed by atoms with E-state index < -0.39 is 0 Å². The van der Waals surface area contributed by atoms with Crippen molar-refractivity contribution in [3.8, 4) is 0 Å². The topological polar surface area (TPSA) is 46.9 Å². The Morgan fingerprint density at radius 2 is 2.00 bits per heavy atom. The quantitative estimate of drug-likeness (QED) is 0.914. The number of aryl methyl sites for hydroxylation is 1. The van der Waals surface area contributed by atoms with Gasteiger partial charge in [-0.15, -0.1) is 0 Å². The van der Waals surface area contributed by atoms with E-state index in [1.807, 2.05) is 37.5 Å². The molecule has 0 aliphatic heterocycles. The zero-order valence-corrected chi connectivity index (χ0v) is 11.6. The first-order chi connectivity index (χ1) is 9.06. The maximum absolute atomic E-state index is 12.0. The Bertz CT molecular complexity index is 555. The lowest BCUT2D eigenvalue weighted by molar-refractivity contribution is 0.0951. The molecule has 1 amide bonds. The van der Waals surface area contributed by atoms with Gasteiger partial charge < -0.3 is 5.32 Å². The molecule has 0 radical (unpaired) electrons. The lowest BCUT2D eigenvalue weighted by atomic mass is 10.0. The fourth-order valence-corrected chi connectivity index (χ4v) is 1.87. The SMILES string of the molecule is CC(C)c1ccc(C(=O)NCc2cnn(C)c2)cc1. The van der Waals surface area contributed by atoms with Crippen LogP contribution in [0.5, 0.6) is 0 Å². The molecule has 0 bridgehead atoms. The molecule has 0 saturated heterocycles. The minimum absolute atomic E-state index is 0.0563. The number of benzene rings is 1. The zero-order valence-electron chi connectivity index (χ0n) is 11.6. The van der Waals surface area contributed by atoms with Gasteiger partial charge in [-0.1, -0.05) is 26.0 Å². The van der Waals surface area contributed by atoms with E-state index in [9.17, 15) is 4.79 Å². The van der Waals surface area contributed by atoms with Gasteiger partial charge >= 0.3 is 0 Å². The highest BCUT2D eigenvalue weighted by Gasteiger charge is 2.06. The van der Waals surface area contributed by atoms with E-state index in [-0.39, 0.29) is 5.91 Å². The molecule has 1 heterocycles. The summed E-state index contributed by atoms with van der Waals surface area (Å²) < 4.78 is 1.72. The standard InChI is InChI=1S/C15H19N3O/c1-11(2)13-4-6-14(7-5-13)15(19)16-8-12-9-17-18(3)10-12/h4-7,9-11H,8H2,1-3H3,(H,16,19). The van der Waals surface area contributed by atoms with Gasteiger partial charge in [0.25, 0.3) is 5.91 Å². The molecular weight excluding hydrogens is 238 g/mol. The van der Waals surface area contributed by atoms with Crippen molar-refractivity contribution in [2.75, 3.05) is 0 Å². The molecule has 0 atom stereocenters. The Labute approximate surface area is 113 Å². The van der Waals surface area contributed by atoms with Crippen molar-refractivity contribution in [3.63, 3.8) is 0 Å². The number of rotatable bonds is 4. The average Bonchev–Trinajstić information content (AvgIpc) is 2.82. The van der Waals surface area contributed by atoms with Crippen LogP contribution in [0.25, 0.3) is 0 Å². The lowest BCUT2D eigenvalue weighted by Gasteiger charge is -2.07. The minimum Gasteiger partial charge on any atom is -0.348 e. The van der Waals surface area contributed by atoms with Crippen LogP contribution in [0.1, 0.15) is 41.3 Å². The fourth-order valence-electron chi connectivity index (χ4n) is 1.87. The van der Waals surface area contributed by atoms with Gasteiger partial charge in [0.05, 0.1) is 6.20 Å². The summed E-state index contributed by atoms with van der Waals surface area (Å²) in [6, 6.07) is 7.75. The Hall–Kier alpha value is -2.10. The molecule has 1 aromatic carbocycles. The number of aromatic nitrogens is 2. The summed E-state index contributed by atoms with van der Waals surface area (Å²) in [4.78, 5) is 12.0. The van der Waals surface area contributed by atoms with Gasteiger partial charge in [-0.2, -0.15) is 5.10 Å². The number of nitrogens with one attached hydrogen (secondary N) is 1. The van der Waals surface area contributed by atoms with Crippen molar-refractivity contribution in [2.24, 2.45) is 7.05 Å². The van der Waals surface area contributed by atoms with Crippen molar-refractivity contribution in [1.82, 2.24) is 15.1 Å². The summed E-state index contributed by atoms with van der Waals surface area (Å²) in [5, 5.41) is 6.95. The van der Waals surface area contributed by atoms with E-state index in [0.29, 0.717) is 18.0 Å². The van der Waals surface area contributed by atoms with Gasteiger partial charge in [-0.3, -0.25) is 9.48 Å². The second-order valence-corrected chi connectivity index (χ2v) is 4.98. The molecule has 19 heavy (non-hydrogen) atoms. The molecule has 0 aliphatic carbocycles. The van der Waals surface area contributed by atoms with E-state index in [1.54, 1.807) is 10.9 Å². The molecule has 0 fully saturated rings. The van der Waals surface area contributed by atoms with Crippen molar-refractivity contribution in [3.05, 3.63) is 53.3 Å². The van der Waals surface area contributed by atoms with Gasteiger partial charge in [0.1, 0.15) is 0 Å². The van der Waals surface area contributed by atoms with Crippen LogP contribution in [0.15, 0.2) is 36.7 Å². The Kier molecular flexibility index (Phi) is 4.00. The molecule has 0 aliphatic rings. The molecule has 2 aromatic rings. The predicted octanol–water partition coefficient (Wildman–Crippen LogP) is 2.47. The molecular formula is C15H19N3O. The van der Waals surface area contributed by atoms with Gasteiger partial charge in [-0.25, -0.2) is 0 Å². The number of hydrogen-bond acceptors (Lipinski definition) is 2. The molecule has 0 saturated carbocycles. The predicted molar refractivity (Wildman–Crippen MR) is 74.9 cm³/mol. The summed E-state index contributed by atoms with van der Waals surface area (Å²) in [5.41, 5.74) is 2.92. The number of carbonyl (C=O) groups excluding carboxylic acids is 1. The summed E-state index contributed by atoms with van der Waals surface area (Å²) in [6.45, 7) is 4.77. The molecule has 2 rings (SSSR count). The lowest BCUT2D eigenvalue weighted by Crippen LogP contribution is -2.22. The van der Waals surface area contributed by atoms with Crippen LogP contribution in [0.4, 0.5) is 0 Å². The summed E-state index contributed by atoms with van der Waals surface area (Å²) in [6.07, 6.45) is 3.64. The molecule has 4 nitrogen and oxygen atoms in total. The highest BCUT2D eigenvalue weighted by Crippen LogP contribution is 2.14. The molecule has 1 N–H and O–H groups in total. The van der Waals surface area contributed by atoms with Crippen molar-refractivity contribution >= 4 is 5.91 Å². The third-order valence-electron chi connectivity index (χ3n) is 3.05. The normalized spacial score (nSPS) is 10.7. The summed E-state index contributed by atoms with van der Waals surface area (Å²) >= 11 is 0. The van der Waals surface area contributed by atoms with Gasteiger partial charge in [0.2, 0.25) is 0 Å². The average molecular weight is 257 g/mol. The third kappa shape index (κ3) is 3.44. The van der Waals surface area contributed by atoms with Gasteiger partial charge in [-0.05, 0) is 23.6 Å². The van der Waals surface area contributed by atoms with Crippen LogP contribution < -0.4 is 5.32 Å². The van der Waals surface area contributed by atoms with Crippen molar-refractivity contribution in [1.29, 1.82) is 0 Å². The Morgan fingerprint density at radius 1 is 1.32 bits per heavy atom. The number of amides is 1.